The van der Waals surface area contributed by atoms with Crippen molar-refractivity contribution in [2.24, 2.45) is 0 Å². The number of nitriles is 1. The first-order valence-corrected chi connectivity index (χ1v) is 5.00. The van der Waals surface area contributed by atoms with Gasteiger partial charge in [0.25, 0.3) is 0 Å². The number of rotatable bonds is 2. The molecule has 0 amide bonds. The third kappa shape index (κ3) is 1.78. The minimum absolute atomic E-state index is 0.372. The maximum Gasteiger partial charge on any atom is 0.125 e. The van der Waals surface area contributed by atoms with Gasteiger partial charge in [0.2, 0.25) is 0 Å². The summed E-state index contributed by atoms with van der Waals surface area (Å²) in [7, 11) is 0. The summed E-state index contributed by atoms with van der Waals surface area (Å²) in [5.74, 6) is 0. The van der Waals surface area contributed by atoms with Gasteiger partial charge in [-0.3, -0.25) is 4.98 Å². The third-order valence-electron chi connectivity index (χ3n) is 1.72. The molecule has 0 saturated heterocycles. The minimum atomic E-state index is 0.372. The number of thiazole rings is 1. The van der Waals surface area contributed by atoms with E-state index in [9.17, 15) is 0 Å². The van der Waals surface area contributed by atoms with E-state index in [0.717, 1.165) is 16.3 Å². The smallest absolute Gasteiger partial charge is 0.125 e. The van der Waals surface area contributed by atoms with E-state index in [1.165, 1.54) is 0 Å². The molecule has 0 fully saturated rings. The molecular formula is C10H7N3S. The standard InChI is InChI=1S/C10H7N3S/c11-4-3-9-7-14-10(13-9)8-2-1-5-12-6-8/h1-2,5-7H,3H2. The van der Waals surface area contributed by atoms with Gasteiger partial charge in [0.15, 0.2) is 0 Å². The van der Waals surface area contributed by atoms with Crippen molar-refractivity contribution in [1.29, 1.82) is 5.26 Å². The van der Waals surface area contributed by atoms with Crippen molar-refractivity contribution < 1.29 is 0 Å². The van der Waals surface area contributed by atoms with Crippen molar-refractivity contribution in [3.8, 4) is 16.6 Å². The molecule has 4 heteroatoms. The van der Waals surface area contributed by atoms with Crippen LogP contribution in [0.1, 0.15) is 5.69 Å². The molecule has 14 heavy (non-hydrogen) atoms. The van der Waals surface area contributed by atoms with Crippen LogP contribution in [-0.2, 0) is 6.42 Å². The average Bonchev–Trinajstić information content (AvgIpc) is 2.68. The second-order valence-corrected chi connectivity index (χ2v) is 3.58. The van der Waals surface area contributed by atoms with Gasteiger partial charge < -0.3 is 0 Å². The molecule has 0 aliphatic rings. The summed E-state index contributed by atoms with van der Waals surface area (Å²) in [4.78, 5) is 8.34. The molecule has 0 aliphatic heterocycles. The Morgan fingerprint density at radius 2 is 2.43 bits per heavy atom. The van der Waals surface area contributed by atoms with Crippen LogP contribution in [0.15, 0.2) is 29.9 Å². The first kappa shape index (κ1) is 8.85. The average molecular weight is 201 g/mol. The SMILES string of the molecule is N#CCc1csc(-c2cccnc2)n1. The number of pyridine rings is 1. The van der Waals surface area contributed by atoms with Crippen LogP contribution in [0.5, 0.6) is 0 Å². The van der Waals surface area contributed by atoms with E-state index in [1.807, 2.05) is 17.5 Å². The molecular weight excluding hydrogens is 194 g/mol. The molecule has 0 N–H and O–H groups in total. The Kier molecular flexibility index (Phi) is 2.52. The molecule has 2 heterocycles. The zero-order valence-corrected chi connectivity index (χ0v) is 8.16. The topological polar surface area (TPSA) is 49.6 Å². The Hall–Kier alpha value is -1.73. The molecule has 0 spiro atoms. The van der Waals surface area contributed by atoms with Crippen LogP contribution in [0.3, 0.4) is 0 Å². The van der Waals surface area contributed by atoms with Crippen LogP contribution < -0.4 is 0 Å². The predicted octanol–water partition coefficient (Wildman–Crippen LogP) is 2.27. The second kappa shape index (κ2) is 3.99. The molecule has 68 valence electrons. The highest BCUT2D eigenvalue weighted by Gasteiger charge is 2.03. The van der Waals surface area contributed by atoms with Gasteiger partial charge in [-0.1, -0.05) is 0 Å². The molecule has 0 bridgehead atoms. The molecule has 3 nitrogen and oxygen atoms in total. The highest BCUT2D eigenvalue weighted by atomic mass is 32.1. The van der Waals surface area contributed by atoms with E-state index in [1.54, 1.807) is 23.7 Å². The highest BCUT2D eigenvalue weighted by molar-refractivity contribution is 7.13. The van der Waals surface area contributed by atoms with Crippen molar-refractivity contribution in [1.82, 2.24) is 9.97 Å². The van der Waals surface area contributed by atoms with Crippen molar-refractivity contribution in [3.05, 3.63) is 35.6 Å². The maximum atomic E-state index is 8.50. The molecule has 2 aromatic heterocycles. The summed E-state index contributed by atoms with van der Waals surface area (Å²) in [6.45, 7) is 0. The first-order chi connectivity index (χ1) is 6.90. The lowest BCUT2D eigenvalue weighted by atomic mass is 10.3. The van der Waals surface area contributed by atoms with E-state index in [-0.39, 0.29) is 0 Å². The first-order valence-electron chi connectivity index (χ1n) is 4.12. The summed E-state index contributed by atoms with van der Waals surface area (Å²) >= 11 is 1.54. The number of hydrogen-bond acceptors (Lipinski definition) is 4. The van der Waals surface area contributed by atoms with Crippen molar-refractivity contribution in [3.63, 3.8) is 0 Å². The van der Waals surface area contributed by atoms with E-state index in [0.29, 0.717) is 6.42 Å². The Balaban J connectivity index is 2.31. The van der Waals surface area contributed by atoms with Crippen molar-refractivity contribution in [2.45, 2.75) is 6.42 Å². The zero-order valence-electron chi connectivity index (χ0n) is 7.34. The fourth-order valence-corrected chi connectivity index (χ4v) is 1.90. The summed E-state index contributed by atoms with van der Waals surface area (Å²) in [5, 5.41) is 11.3. The van der Waals surface area contributed by atoms with E-state index in [4.69, 9.17) is 5.26 Å². The van der Waals surface area contributed by atoms with Crippen LogP contribution >= 0.6 is 11.3 Å². The number of nitrogens with zero attached hydrogens (tertiary/aromatic N) is 3. The minimum Gasteiger partial charge on any atom is -0.264 e. The lowest BCUT2D eigenvalue weighted by molar-refractivity contribution is 1.16. The van der Waals surface area contributed by atoms with E-state index >= 15 is 0 Å². The van der Waals surface area contributed by atoms with Gasteiger partial charge in [0.1, 0.15) is 5.01 Å². The number of hydrogen-bond donors (Lipinski definition) is 0. The van der Waals surface area contributed by atoms with Crippen molar-refractivity contribution >= 4 is 11.3 Å². The Morgan fingerprint density at radius 1 is 1.50 bits per heavy atom. The largest absolute Gasteiger partial charge is 0.264 e. The number of aromatic nitrogens is 2. The summed E-state index contributed by atoms with van der Waals surface area (Å²) in [5.41, 5.74) is 1.83. The normalized spacial score (nSPS) is 9.64. The van der Waals surface area contributed by atoms with Gasteiger partial charge in [-0.2, -0.15) is 5.26 Å². The van der Waals surface area contributed by atoms with E-state index in [2.05, 4.69) is 16.0 Å². The molecule has 0 aliphatic carbocycles. The molecule has 0 aromatic carbocycles. The van der Waals surface area contributed by atoms with Gasteiger partial charge in [0, 0.05) is 23.3 Å². The summed E-state index contributed by atoms with van der Waals surface area (Å²) < 4.78 is 0. The third-order valence-corrected chi connectivity index (χ3v) is 2.66. The second-order valence-electron chi connectivity index (χ2n) is 2.72. The maximum absolute atomic E-state index is 8.50. The molecule has 2 aromatic rings. The fourth-order valence-electron chi connectivity index (χ4n) is 1.09. The van der Waals surface area contributed by atoms with Gasteiger partial charge in [-0.15, -0.1) is 11.3 Å². The van der Waals surface area contributed by atoms with Crippen LogP contribution in [-0.4, -0.2) is 9.97 Å². The van der Waals surface area contributed by atoms with Crippen LogP contribution in [0.4, 0.5) is 0 Å². The summed E-state index contributed by atoms with van der Waals surface area (Å²) in [6, 6.07) is 5.91. The Morgan fingerprint density at radius 3 is 3.14 bits per heavy atom. The van der Waals surface area contributed by atoms with Crippen LogP contribution in [0.2, 0.25) is 0 Å². The fraction of sp³-hybridized carbons (Fsp3) is 0.100. The molecule has 2 rings (SSSR count). The van der Waals surface area contributed by atoms with Crippen LogP contribution in [0.25, 0.3) is 10.6 Å². The summed E-state index contributed by atoms with van der Waals surface area (Å²) in [6.07, 6.45) is 3.87. The monoisotopic (exact) mass is 201 g/mol. The van der Waals surface area contributed by atoms with Gasteiger partial charge in [-0.05, 0) is 12.1 Å². The molecule has 0 saturated carbocycles. The van der Waals surface area contributed by atoms with Crippen molar-refractivity contribution in [2.75, 3.05) is 0 Å². The Bertz CT molecular complexity index is 456. The predicted molar refractivity (Wildman–Crippen MR) is 54.7 cm³/mol. The van der Waals surface area contributed by atoms with Gasteiger partial charge in [0.05, 0.1) is 18.2 Å². The molecule has 0 unspecified atom stereocenters. The molecule has 0 atom stereocenters. The molecule has 0 radical (unpaired) electrons. The van der Waals surface area contributed by atoms with E-state index < -0.39 is 0 Å². The Labute approximate surface area is 85.7 Å². The van der Waals surface area contributed by atoms with Gasteiger partial charge in [-0.25, -0.2) is 4.98 Å². The quantitative estimate of drug-likeness (QED) is 0.748. The van der Waals surface area contributed by atoms with Crippen LogP contribution in [0, 0.1) is 11.3 Å². The highest BCUT2D eigenvalue weighted by Crippen LogP contribution is 2.22. The zero-order chi connectivity index (χ0) is 9.80. The van der Waals surface area contributed by atoms with Gasteiger partial charge >= 0.3 is 0 Å². The lowest BCUT2D eigenvalue weighted by Gasteiger charge is -1.92. The lowest BCUT2D eigenvalue weighted by Crippen LogP contribution is -1.82.